The predicted molar refractivity (Wildman–Crippen MR) is 157 cm³/mol. The topological polar surface area (TPSA) is 44.1 Å². The van der Waals surface area contributed by atoms with Gasteiger partial charge >= 0.3 is 0 Å². The summed E-state index contributed by atoms with van der Waals surface area (Å²) in [7, 11) is 0. The number of thiophene rings is 1. The van der Waals surface area contributed by atoms with Crippen LogP contribution < -0.4 is 10.3 Å². The first kappa shape index (κ1) is 26.6. The third-order valence-electron chi connectivity index (χ3n) is 7.05. The number of ether oxygens (including phenoxy) is 1. The number of aromatic nitrogens is 2. The first-order valence-electron chi connectivity index (χ1n) is 12.5. The molecule has 2 heterocycles. The summed E-state index contributed by atoms with van der Waals surface area (Å²) in [5, 5.41) is 2.63. The van der Waals surface area contributed by atoms with Gasteiger partial charge in [0.25, 0.3) is 5.56 Å². The number of fused-ring (bicyclic) bond motifs is 3. The summed E-state index contributed by atoms with van der Waals surface area (Å²) >= 11 is 15.7. The Morgan fingerprint density at radius 1 is 1.16 bits per heavy atom. The summed E-state index contributed by atoms with van der Waals surface area (Å²) in [6.07, 6.45) is 3.02. The van der Waals surface area contributed by atoms with Crippen LogP contribution in [0.5, 0.6) is 5.75 Å². The van der Waals surface area contributed by atoms with Crippen LogP contribution in [-0.2, 0) is 18.6 Å². The lowest BCUT2D eigenvalue weighted by atomic mass is 9.72. The van der Waals surface area contributed by atoms with Gasteiger partial charge < -0.3 is 4.74 Å². The summed E-state index contributed by atoms with van der Waals surface area (Å²) in [6.45, 7) is 9.47. The van der Waals surface area contributed by atoms with E-state index in [0.29, 0.717) is 33.5 Å². The number of hydrogen-bond donors (Lipinski definition) is 0. The second kappa shape index (κ2) is 10.6. The van der Waals surface area contributed by atoms with Crippen molar-refractivity contribution in [3.8, 4) is 11.4 Å². The number of halogens is 2. The molecule has 8 heteroatoms. The molecule has 0 radical (unpaired) electrons. The molecule has 0 aliphatic heterocycles. The zero-order valence-electron chi connectivity index (χ0n) is 21.4. The third-order valence-corrected chi connectivity index (χ3v) is 9.78. The molecule has 4 nitrogen and oxygen atoms in total. The van der Waals surface area contributed by atoms with Crippen LogP contribution in [-0.4, -0.2) is 16.2 Å². The monoisotopic (exact) mass is 572 g/mol. The van der Waals surface area contributed by atoms with Gasteiger partial charge in [-0.1, -0.05) is 61.8 Å². The molecular weight excluding hydrogens is 543 g/mol. The van der Waals surface area contributed by atoms with Crippen molar-refractivity contribution < 1.29 is 4.74 Å². The highest BCUT2D eigenvalue weighted by atomic mass is 35.5. The Morgan fingerprint density at radius 3 is 2.59 bits per heavy atom. The molecule has 0 fully saturated rings. The van der Waals surface area contributed by atoms with Crippen molar-refractivity contribution in [2.24, 2.45) is 11.3 Å². The van der Waals surface area contributed by atoms with Gasteiger partial charge in [-0.3, -0.25) is 9.36 Å². The molecule has 2 aromatic heterocycles. The molecule has 0 bridgehead atoms. The van der Waals surface area contributed by atoms with Crippen LogP contribution in [0.1, 0.15) is 50.1 Å². The number of benzene rings is 2. The normalized spacial score (nSPS) is 15.7. The maximum Gasteiger partial charge on any atom is 0.267 e. The van der Waals surface area contributed by atoms with Crippen LogP contribution in [0, 0.1) is 11.3 Å². The molecule has 0 amide bonds. The van der Waals surface area contributed by atoms with E-state index in [2.05, 4.69) is 20.8 Å². The maximum absolute atomic E-state index is 14.1. The van der Waals surface area contributed by atoms with E-state index in [9.17, 15) is 4.79 Å². The van der Waals surface area contributed by atoms with Gasteiger partial charge in [0.15, 0.2) is 5.16 Å². The van der Waals surface area contributed by atoms with Crippen molar-refractivity contribution in [2.45, 2.75) is 57.9 Å². The van der Waals surface area contributed by atoms with Gasteiger partial charge in [0.2, 0.25) is 0 Å². The Hall–Kier alpha value is -1.99. The Bertz CT molecular complexity index is 1500. The second-order valence-corrected chi connectivity index (χ2v) is 13.3. The molecule has 4 aromatic rings. The summed E-state index contributed by atoms with van der Waals surface area (Å²) < 4.78 is 7.37. The van der Waals surface area contributed by atoms with Crippen molar-refractivity contribution in [3.63, 3.8) is 0 Å². The van der Waals surface area contributed by atoms with Gasteiger partial charge in [-0.25, -0.2) is 4.98 Å². The number of nitrogens with zero attached hydrogens (tertiary/aromatic N) is 2. The van der Waals surface area contributed by atoms with Gasteiger partial charge in [0, 0.05) is 20.7 Å². The number of thioether (sulfide) groups is 1. The molecule has 0 saturated heterocycles. The highest BCUT2D eigenvalue weighted by molar-refractivity contribution is 7.98. The molecule has 5 rings (SSSR count). The minimum absolute atomic E-state index is 0.00873. The van der Waals surface area contributed by atoms with Gasteiger partial charge in [0.05, 0.1) is 17.7 Å². The van der Waals surface area contributed by atoms with Gasteiger partial charge in [-0.05, 0) is 85.0 Å². The Kier molecular flexibility index (Phi) is 7.65. The molecule has 2 aromatic carbocycles. The Morgan fingerprint density at radius 2 is 1.92 bits per heavy atom. The molecular formula is C29H30Cl2N2O2S2. The van der Waals surface area contributed by atoms with Crippen LogP contribution in [0.4, 0.5) is 0 Å². The maximum atomic E-state index is 14.1. The van der Waals surface area contributed by atoms with E-state index in [1.165, 1.54) is 22.2 Å². The molecule has 1 aliphatic carbocycles. The average molecular weight is 574 g/mol. The van der Waals surface area contributed by atoms with Crippen molar-refractivity contribution in [1.29, 1.82) is 0 Å². The Balaban J connectivity index is 1.61. The van der Waals surface area contributed by atoms with E-state index in [4.69, 9.17) is 32.9 Å². The molecule has 0 N–H and O–H groups in total. The minimum Gasteiger partial charge on any atom is -0.494 e. The van der Waals surface area contributed by atoms with Gasteiger partial charge in [-0.2, -0.15) is 0 Å². The molecule has 0 saturated carbocycles. The fourth-order valence-electron chi connectivity index (χ4n) is 4.91. The lowest BCUT2D eigenvalue weighted by Crippen LogP contribution is -2.27. The fourth-order valence-corrected chi connectivity index (χ4v) is 7.82. The molecule has 194 valence electrons. The average Bonchev–Trinajstić information content (AvgIpc) is 3.22. The van der Waals surface area contributed by atoms with Crippen LogP contribution >= 0.6 is 46.3 Å². The summed E-state index contributed by atoms with van der Waals surface area (Å²) in [6, 6.07) is 13.1. The third kappa shape index (κ3) is 5.44. The minimum atomic E-state index is -0.00873. The highest BCUT2D eigenvalue weighted by Gasteiger charge is 2.32. The first-order chi connectivity index (χ1) is 17.7. The van der Waals surface area contributed by atoms with Crippen molar-refractivity contribution in [1.82, 2.24) is 9.55 Å². The summed E-state index contributed by atoms with van der Waals surface area (Å²) in [4.78, 5) is 21.3. The second-order valence-electron chi connectivity index (χ2n) is 10.5. The largest absolute Gasteiger partial charge is 0.494 e. The number of hydrogen-bond acceptors (Lipinski definition) is 5. The molecule has 1 aliphatic rings. The Labute approximate surface area is 236 Å². The lowest BCUT2D eigenvalue weighted by Gasteiger charge is -2.33. The smallest absolute Gasteiger partial charge is 0.267 e. The van der Waals surface area contributed by atoms with E-state index in [-0.39, 0.29) is 11.0 Å². The van der Waals surface area contributed by atoms with Gasteiger partial charge in [-0.15, -0.1) is 11.3 Å². The zero-order valence-corrected chi connectivity index (χ0v) is 24.6. The molecule has 1 unspecified atom stereocenters. The van der Waals surface area contributed by atoms with Crippen molar-refractivity contribution >= 4 is 56.5 Å². The number of rotatable bonds is 6. The predicted octanol–water partition coefficient (Wildman–Crippen LogP) is 8.60. The summed E-state index contributed by atoms with van der Waals surface area (Å²) in [5.41, 5.74) is 3.14. The van der Waals surface area contributed by atoms with Crippen molar-refractivity contribution in [3.05, 3.63) is 78.9 Å². The van der Waals surface area contributed by atoms with Crippen LogP contribution in [0.25, 0.3) is 15.9 Å². The van der Waals surface area contributed by atoms with Gasteiger partial charge in [0.1, 0.15) is 10.6 Å². The van der Waals surface area contributed by atoms with E-state index in [0.717, 1.165) is 46.5 Å². The molecule has 1 atom stereocenters. The highest BCUT2D eigenvalue weighted by Crippen LogP contribution is 2.42. The summed E-state index contributed by atoms with van der Waals surface area (Å²) in [5.74, 6) is 1.95. The van der Waals surface area contributed by atoms with E-state index in [1.54, 1.807) is 22.0 Å². The van der Waals surface area contributed by atoms with E-state index >= 15 is 0 Å². The quantitative estimate of drug-likeness (QED) is 0.171. The SMILES string of the molecule is CCOc1ccc(-n2c(SCc3ccc(Cl)cc3Cl)nc3sc4c(c3c2=O)CCC(C(C)(C)C)C4)cc1. The fraction of sp³-hybridized carbons (Fsp3) is 0.379. The number of aryl methyl sites for hydroxylation is 1. The first-order valence-corrected chi connectivity index (χ1v) is 15.1. The zero-order chi connectivity index (χ0) is 26.3. The van der Waals surface area contributed by atoms with Crippen LogP contribution in [0.2, 0.25) is 10.0 Å². The molecule has 37 heavy (non-hydrogen) atoms. The van der Waals surface area contributed by atoms with E-state index < -0.39 is 0 Å². The standard InChI is InChI=1S/C29H30Cl2N2O2S2/c1-5-35-21-11-9-20(10-12-21)33-27(34)25-22-13-7-18(29(2,3)4)14-24(22)37-26(25)32-28(33)36-16-17-6-8-19(30)15-23(17)31/h6,8-12,15,18H,5,7,13-14,16H2,1-4H3. The van der Waals surface area contributed by atoms with Crippen LogP contribution in [0.15, 0.2) is 52.4 Å². The lowest BCUT2D eigenvalue weighted by molar-refractivity contribution is 0.218. The molecule has 0 spiro atoms. The van der Waals surface area contributed by atoms with Crippen molar-refractivity contribution in [2.75, 3.05) is 6.61 Å². The van der Waals surface area contributed by atoms with Crippen LogP contribution in [0.3, 0.4) is 0 Å². The van der Waals surface area contributed by atoms with E-state index in [1.807, 2.05) is 43.3 Å².